The average Bonchev–Trinajstić information content (AvgIpc) is 2.81. The molecule has 21 heavy (non-hydrogen) atoms. The van der Waals surface area contributed by atoms with Crippen LogP contribution in [-0.4, -0.2) is 0 Å². The molecule has 0 N–H and O–H groups in total. The molecule has 0 saturated carbocycles. The summed E-state index contributed by atoms with van der Waals surface area (Å²) in [6.45, 7) is 2.13. The summed E-state index contributed by atoms with van der Waals surface area (Å²) in [6, 6.07) is 14.9. The van der Waals surface area contributed by atoms with E-state index in [1.807, 2.05) is 17.4 Å². The van der Waals surface area contributed by atoms with Gasteiger partial charge in [0.25, 0.3) is 4.83 Å². The Hall–Kier alpha value is -1.54. The molecule has 5 nitrogen and oxygen atoms in total. The highest BCUT2D eigenvalue weighted by molar-refractivity contribution is 7.20. The maximum atomic E-state index is 8.49. The van der Waals surface area contributed by atoms with Gasteiger partial charge >= 0.3 is 0 Å². The van der Waals surface area contributed by atoms with Crippen molar-refractivity contribution in [2.24, 2.45) is 0 Å². The molecule has 3 aromatic rings. The molecule has 2 heterocycles. The summed E-state index contributed by atoms with van der Waals surface area (Å²) >= 11 is 1.83. The summed E-state index contributed by atoms with van der Waals surface area (Å²) in [6.07, 6.45) is 4.31. The molecule has 0 atom stereocenters. The van der Waals surface area contributed by atoms with Gasteiger partial charge in [-0.25, -0.2) is 18.6 Å². The van der Waals surface area contributed by atoms with E-state index >= 15 is 0 Å². The first-order valence-corrected chi connectivity index (χ1v) is 7.97. The number of pyridine rings is 1. The van der Waals surface area contributed by atoms with Gasteiger partial charge < -0.3 is 0 Å². The van der Waals surface area contributed by atoms with Gasteiger partial charge in [0, 0.05) is 12.1 Å². The Kier molecular flexibility index (Phi) is 4.89. The lowest BCUT2D eigenvalue weighted by Gasteiger charge is -2.17. The molecule has 0 aliphatic carbocycles. The van der Waals surface area contributed by atoms with Crippen LogP contribution in [0.2, 0.25) is 0 Å². The van der Waals surface area contributed by atoms with E-state index in [2.05, 4.69) is 60.1 Å². The molecule has 0 amide bonds. The summed E-state index contributed by atoms with van der Waals surface area (Å²) in [7, 11) is -4.94. The van der Waals surface area contributed by atoms with Gasteiger partial charge in [0.2, 0.25) is 0 Å². The average molecular weight is 326 g/mol. The summed E-state index contributed by atoms with van der Waals surface area (Å²) in [5, 5.41) is 0. The van der Waals surface area contributed by atoms with Gasteiger partial charge in [0.15, 0.2) is 12.4 Å². The highest BCUT2D eigenvalue weighted by Gasteiger charge is 2.10. The molecule has 0 aliphatic rings. The van der Waals surface area contributed by atoms with E-state index in [1.165, 1.54) is 20.8 Å². The summed E-state index contributed by atoms with van der Waals surface area (Å²) in [4.78, 5) is 2.60. The number of hydrogen-bond acceptors (Lipinski definition) is 5. The minimum Gasteiger partial charge on any atom is -0.222 e. The lowest BCUT2D eigenvalue weighted by atomic mass is 10.2. The van der Waals surface area contributed by atoms with Crippen molar-refractivity contribution in [3.63, 3.8) is 0 Å². The number of hydrogen-bond donors (Lipinski definition) is 0. The van der Waals surface area contributed by atoms with Crippen molar-refractivity contribution >= 4 is 16.2 Å². The van der Waals surface area contributed by atoms with Crippen LogP contribution in [0.5, 0.6) is 0 Å². The predicted octanol–water partition coefficient (Wildman–Crippen LogP) is -1.29. The Morgan fingerprint density at radius 2 is 1.62 bits per heavy atom. The zero-order valence-corrected chi connectivity index (χ0v) is 12.6. The maximum Gasteiger partial charge on any atom is 0.267 e. The fourth-order valence-corrected chi connectivity index (χ4v) is 2.89. The van der Waals surface area contributed by atoms with E-state index in [9.17, 15) is 0 Å². The Balaban J connectivity index is 0.000000282. The van der Waals surface area contributed by atoms with Gasteiger partial charge in [-0.2, -0.15) is 4.40 Å². The first kappa shape index (κ1) is 15.8. The van der Waals surface area contributed by atoms with Crippen LogP contribution in [0.4, 0.5) is 0 Å². The van der Waals surface area contributed by atoms with Gasteiger partial charge in [0.1, 0.15) is 4.88 Å². The van der Waals surface area contributed by atoms with Crippen molar-refractivity contribution in [3.05, 3.63) is 60.4 Å². The molecule has 3 rings (SSSR count). The van der Waals surface area contributed by atoms with Gasteiger partial charge in [-0.15, -0.1) is 10.2 Å². The quantitative estimate of drug-likeness (QED) is 0.520. The SMILES string of the molecule is Cc1cc[n+]2cc(-c3ccccc3)sc2c1.[O-][Cl+3]([O-])([O-])[O-]. The molecule has 0 bridgehead atoms. The molecule has 7 heteroatoms. The maximum absolute atomic E-state index is 8.49. The third-order valence-electron chi connectivity index (χ3n) is 2.63. The van der Waals surface area contributed by atoms with E-state index in [-0.39, 0.29) is 0 Å². The topological polar surface area (TPSA) is 96.3 Å². The lowest BCUT2D eigenvalue weighted by Crippen LogP contribution is -2.68. The van der Waals surface area contributed by atoms with E-state index in [4.69, 9.17) is 18.6 Å². The zero-order chi connectivity index (χ0) is 15.5. The molecule has 0 aliphatic heterocycles. The molecular formula is C14H12ClNO4S. The van der Waals surface area contributed by atoms with Gasteiger partial charge in [-0.1, -0.05) is 41.7 Å². The number of rotatable bonds is 1. The lowest BCUT2D eigenvalue weighted by molar-refractivity contribution is -2.00. The highest BCUT2D eigenvalue weighted by atomic mass is 35.7. The smallest absolute Gasteiger partial charge is 0.222 e. The molecule has 0 unspecified atom stereocenters. The second kappa shape index (κ2) is 6.48. The minimum absolute atomic E-state index is 1.29. The van der Waals surface area contributed by atoms with Crippen LogP contribution >= 0.6 is 11.3 Å². The third kappa shape index (κ3) is 5.05. The third-order valence-corrected chi connectivity index (χ3v) is 3.73. The van der Waals surface area contributed by atoms with E-state index in [0.29, 0.717) is 0 Å². The van der Waals surface area contributed by atoms with Crippen LogP contribution in [0, 0.1) is 17.2 Å². The Labute approximate surface area is 127 Å². The molecule has 0 spiro atoms. The monoisotopic (exact) mass is 325 g/mol. The molecule has 1 aromatic carbocycles. The fourth-order valence-electron chi connectivity index (χ4n) is 1.78. The molecule has 0 radical (unpaired) electrons. The minimum atomic E-state index is -4.94. The van der Waals surface area contributed by atoms with Crippen molar-refractivity contribution in [1.82, 2.24) is 0 Å². The van der Waals surface area contributed by atoms with Gasteiger partial charge in [-0.3, -0.25) is 0 Å². The molecule has 0 fully saturated rings. The van der Waals surface area contributed by atoms with Gasteiger partial charge in [0.05, 0.1) is 0 Å². The number of fused-ring (bicyclic) bond motifs is 1. The van der Waals surface area contributed by atoms with Crippen LogP contribution in [-0.2, 0) is 0 Å². The Morgan fingerprint density at radius 3 is 2.24 bits per heavy atom. The Bertz CT molecular complexity index is 719. The van der Waals surface area contributed by atoms with Crippen molar-refractivity contribution < 1.29 is 33.3 Å². The number of halogens is 1. The molecule has 0 saturated heterocycles. The molecule has 110 valence electrons. The van der Waals surface area contributed by atoms with Crippen LogP contribution in [0.1, 0.15) is 5.56 Å². The van der Waals surface area contributed by atoms with Crippen LogP contribution < -0.4 is 23.0 Å². The van der Waals surface area contributed by atoms with Crippen molar-refractivity contribution in [1.29, 1.82) is 0 Å². The van der Waals surface area contributed by atoms with E-state index < -0.39 is 10.2 Å². The van der Waals surface area contributed by atoms with Crippen LogP contribution in [0.3, 0.4) is 0 Å². The molecule has 2 aromatic heterocycles. The summed E-state index contributed by atoms with van der Waals surface area (Å²) in [5.74, 6) is 0. The normalized spacial score (nSPS) is 11.1. The molecular weight excluding hydrogens is 314 g/mol. The Morgan fingerprint density at radius 1 is 1.00 bits per heavy atom. The number of aryl methyl sites for hydroxylation is 1. The van der Waals surface area contributed by atoms with Crippen molar-refractivity contribution in [3.8, 4) is 10.4 Å². The van der Waals surface area contributed by atoms with E-state index in [1.54, 1.807) is 0 Å². The van der Waals surface area contributed by atoms with Crippen LogP contribution in [0.15, 0.2) is 54.9 Å². The summed E-state index contributed by atoms with van der Waals surface area (Å²) < 4.78 is 36.2. The number of thiazole rings is 1. The summed E-state index contributed by atoms with van der Waals surface area (Å²) in [5.41, 5.74) is 2.59. The largest absolute Gasteiger partial charge is 0.267 e. The highest BCUT2D eigenvalue weighted by Crippen LogP contribution is 2.25. The van der Waals surface area contributed by atoms with E-state index in [0.717, 1.165) is 0 Å². The van der Waals surface area contributed by atoms with Gasteiger partial charge in [-0.05, 0) is 18.1 Å². The zero-order valence-electron chi connectivity index (χ0n) is 11.1. The van der Waals surface area contributed by atoms with Crippen molar-refractivity contribution in [2.45, 2.75) is 6.92 Å². The number of aromatic nitrogens is 1. The second-order valence-corrected chi connectivity index (χ2v) is 6.11. The first-order valence-electron chi connectivity index (χ1n) is 5.91. The fraction of sp³-hybridized carbons (Fsp3) is 0.0714. The second-order valence-electron chi connectivity index (χ2n) is 4.29. The van der Waals surface area contributed by atoms with Crippen LogP contribution in [0.25, 0.3) is 15.3 Å². The number of nitrogens with zero attached hydrogens (tertiary/aromatic N) is 1. The number of benzene rings is 1. The predicted molar refractivity (Wildman–Crippen MR) is 67.7 cm³/mol. The standard InChI is InChI=1S/C14H12NS.ClHO4/c1-11-7-8-15-10-13(16-14(15)9-11)12-5-3-2-4-6-12;2-1(3,4)5/h2-10H,1H3;(H,2,3,4,5)/q+1;/p-1. The van der Waals surface area contributed by atoms with Crippen molar-refractivity contribution in [2.75, 3.05) is 0 Å². The first-order chi connectivity index (χ1) is 9.83.